The summed E-state index contributed by atoms with van der Waals surface area (Å²) in [6.45, 7) is 4.16. The number of nitrogens with two attached hydrogens (primary N) is 1. The first-order chi connectivity index (χ1) is 9.08. The fraction of sp³-hybridized carbons (Fsp3) is 0.533. The number of amides is 1. The molecule has 1 saturated heterocycles. The fourth-order valence-electron chi connectivity index (χ4n) is 2.73. The monoisotopic (exact) mass is 262 g/mol. The zero-order chi connectivity index (χ0) is 14.0. The summed E-state index contributed by atoms with van der Waals surface area (Å²) < 4.78 is 5.25. The van der Waals surface area contributed by atoms with E-state index in [2.05, 4.69) is 13.8 Å². The third-order valence-electron chi connectivity index (χ3n) is 3.90. The average Bonchev–Trinajstić information content (AvgIpc) is 2.72. The minimum atomic E-state index is -0.145. The van der Waals surface area contributed by atoms with Crippen molar-refractivity contribution in [1.29, 1.82) is 0 Å². The predicted octanol–water partition coefficient (Wildman–Crippen LogP) is 2.09. The van der Waals surface area contributed by atoms with Gasteiger partial charge >= 0.3 is 0 Å². The van der Waals surface area contributed by atoms with Crippen molar-refractivity contribution < 1.29 is 9.53 Å². The Bertz CT molecular complexity index is 461. The first-order valence-corrected chi connectivity index (χ1v) is 6.79. The first-order valence-electron chi connectivity index (χ1n) is 6.79. The molecule has 104 valence electrons. The Kier molecular flexibility index (Phi) is 4.10. The van der Waals surface area contributed by atoms with Crippen LogP contribution in [0.5, 0.6) is 5.75 Å². The molecule has 1 aromatic rings. The predicted molar refractivity (Wildman–Crippen MR) is 74.9 cm³/mol. The van der Waals surface area contributed by atoms with Gasteiger partial charge in [-0.15, -0.1) is 0 Å². The van der Waals surface area contributed by atoms with Gasteiger partial charge < -0.3 is 15.4 Å². The molecule has 0 saturated carbocycles. The van der Waals surface area contributed by atoms with Crippen LogP contribution in [0.2, 0.25) is 0 Å². The Hall–Kier alpha value is -1.55. The summed E-state index contributed by atoms with van der Waals surface area (Å²) in [5.41, 5.74) is 7.23. The second-order valence-electron chi connectivity index (χ2n) is 5.15. The van der Waals surface area contributed by atoms with Crippen molar-refractivity contribution in [3.05, 3.63) is 29.8 Å². The third kappa shape index (κ3) is 2.59. The van der Waals surface area contributed by atoms with Gasteiger partial charge in [0.05, 0.1) is 13.2 Å². The number of rotatable bonds is 4. The molecule has 3 atom stereocenters. The minimum absolute atomic E-state index is 0.0439. The van der Waals surface area contributed by atoms with E-state index in [0.29, 0.717) is 6.42 Å². The topological polar surface area (TPSA) is 55.6 Å². The van der Waals surface area contributed by atoms with E-state index in [1.807, 2.05) is 29.2 Å². The Morgan fingerprint density at radius 3 is 2.89 bits per heavy atom. The largest absolute Gasteiger partial charge is 0.497 e. The molecule has 2 rings (SSSR count). The molecule has 4 heteroatoms. The lowest BCUT2D eigenvalue weighted by molar-refractivity contribution is -0.131. The number of benzene rings is 1. The summed E-state index contributed by atoms with van der Waals surface area (Å²) in [6, 6.07) is 7.85. The maximum Gasteiger partial charge on any atom is 0.225 e. The van der Waals surface area contributed by atoms with Gasteiger partial charge in [-0.3, -0.25) is 4.79 Å². The highest BCUT2D eigenvalue weighted by Gasteiger charge is 2.40. The van der Waals surface area contributed by atoms with Crippen LogP contribution >= 0.6 is 0 Å². The molecule has 2 N–H and O–H groups in total. The molecule has 0 bridgehead atoms. The van der Waals surface area contributed by atoms with Crippen LogP contribution in [0.1, 0.15) is 38.3 Å². The van der Waals surface area contributed by atoms with Crippen LogP contribution < -0.4 is 10.5 Å². The smallest absolute Gasteiger partial charge is 0.225 e. The van der Waals surface area contributed by atoms with Crippen molar-refractivity contribution in [2.45, 2.75) is 44.8 Å². The van der Waals surface area contributed by atoms with Gasteiger partial charge in [0.15, 0.2) is 0 Å². The number of methoxy groups -OCH3 is 1. The van der Waals surface area contributed by atoms with Crippen LogP contribution in [-0.4, -0.2) is 30.0 Å². The molecular weight excluding hydrogens is 240 g/mol. The lowest BCUT2D eigenvalue weighted by atomic mass is 9.99. The Balaban J connectivity index is 2.36. The van der Waals surface area contributed by atoms with E-state index in [-0.39, 0.29) is 24.0 Å². The van der Waals surface area contributed by atoms with Gasteiger partial charge in [-0.25, -0.2) is 0 Å². The van der Waals surface area contributed by atoms with Crippen molar-refractivity contribution in [2.24, 2.45) is 5.73 Å². The molecule has 1 fully saturated rings. The lowest BCUT2D eigenvalue weighted by Gasteiger charge is -2.32. The average molecular weight is 262 g/mol. The van der Waals surface area contributed by atoms with Gasteiger partial charge in [0.1, 0.15) is 5.75 Å². The molecule has 3 unspecified atom stereocenters. The van der Waals surface area contributed by atoms with Gasteiger partial charge in [0.25, 0.3) is 0 Å². The van der Waals surface area contributed by atoms with E-state index in [1.165, 1.54) is 0 Å². The van der Waals surface area contributed by atoms with Crippen LogP contribution in [0.15, 0.2) is 24.3 Å². The SMILES string of the molecule is CCC(C)N1C(=O)CC(N)C1c1cccc(OC)c1. The normalized spacial score (nSPS) is 24.6. The fourth-order valence-corrected chi connectivity index (χ4v) is 2.73. The van der Waals surface area contributed by atoms with E-state index in [4.69, 9.17) is 10.5 Å². The van der Waals surface area contributed by atoms with E-state index >= 15 is 0 Å². The van der Waals surface area contributed by atoms with Gasteiger partial charge in [0.2, 0.25) is 5.91 Å². The number of hydrogen-bond donors (Lipinski definition) is 1. The van der Waals surface area contributed by atoms with Crippen LogP contribution in [0, 0.1) is 0 Å². The highest BCUT2D eigenvalue weighted by atomic mass is 16.5. The minimum Gasteiger partial charge on any atom is -0.497 e. The number of likely N-dealkylation sites (tertiary alicyclic amines) is 1. The maximum atomic E-state index is 12.1. The van der Waals surface area contributed by atoms with E-state index in [9.17, 15) is 4.79 Å². The van der Waals surface area contributed by atoms with E-state index in [1.54, 1.807) is 7.11 Å². The molecular formula is C15H22N2O2. The molecule has 0 aromatic heterocycles. The molecule has 0 spiro atoms. The van der Waals surface area contributed by atoms with E-state index in [0.717, 1.165) is 17.7 Å². The second kappa shape index (κ2) is 5.61. The molecule has 19 heavy (non-hydrogen) atoms. The number of carbonyl (C=O) groups is 1. The summed E-state index contributed by atoms with van der Waals surface area (Å²) in [7, 11) is 1.64. The molecule has 0 aliphatic carbocycles. The zero-order valence-corrected chi connectivity index (χ0v) is 11.8. The number of carbonyl (C=O) groups excluding carboxylic acids is 1. The first kappa shape index (κ1) is 13.9. The standard InChI is InChI=1S/C15H22N2O2/c1-4-10(2)17-14(18)9-13(16)15(17)11-6-5-7-12(8-11)19-3/h5-8,10,13,15H,4,9,16H2,1-3H3. The Labute approximate surface area is 114 Å². The molecule has 1 amide bonds. The summed E-state index contributed by atoms with van der Waals surface area (Å²) in [5.74, 6) is 0.947. The van der Waals surface area contributed by atoms with Crippen LogP contribution in [0.4, 0.5) is 0 Å². The molecule has 1 aliphatic heterocycles. The molecule has 1 aromatic carbocycles. The van der Waals surface area contributed by atoms with Gasteiger partial charge in [-0.2, -0.15) is 0 Å². The van der Waals surface area contributed by atoms with Crippen molar-refractivity contribution in [3.8, 4) is 5.75 Å². The third-order valence-corrected chi connectivity index (χ3v) is 3.90. The Morgan fingerprint density at radius 2 is 2.26 bits per heavy atom. The molecule has 4 nitrogen and oxygen atoms in total. The van der Waals surface area contributed by atoms with Crippen LogP contribution in [0.25, 0.3) is 0 Å². The number of hydrogen-bond acceptors (Lipinski definition) is 3. The summed E-state index contributed by atoms with van der Waals surface area (Å²) in [5, 5.41) is 0. The van der Waals surface area contributed by atoms with Crippen molar-refractivity contribution in [2.75, 3.05) is 7.11 Å². The molecule has 1 aliphatic rings. The number of nitrogens with zero attached hydrogens (tertiary/aromatic N) is 1. The second-order valence-corrected chi connectivity index (χ2v) is 5.15. The van der Waals surface area contributed by atoms with Gasteiger partial charge in [-0.05, 0) is 31.0 Å². The quantitative estimate of drug-likeness (QED) is 0.904. The lowest BCUT2D eigenvalue weighted by Crippen LogP contribution is -2.38. The molecule has 0 radical (unpaired) electrons. The van der Waals surface area contributed by atoms with Gasteiger partial charge in [-0.1, -0.05) is 19.1 Å². The van der Waals surface area contributed by atoms with Crippen LogP contribution in [-0.2, 0) is 4.79 Å². The summed E-state index contributed by atoms with van der Waals surface area (Å²) >= 11 is 0. The van der Waals surface area contributed by atoms with Crippen molar-refractivity contribution in [3.63, 3.8) is 0 Å². The van der Waals surface area contributed by atoms with Crippen LogP contribution in [0.3, 0.4) is 0 Å². The highest BCUT2D eigenvalue weighted by Crippen LogP contribution is 2.35. The van der Waals surface area contributed by atoms with Crippen molar-refractivity contribution >= 4 is 5.91 Å². The van der Waals surface area contributed by atoms with Gasteiger partial charge in [0, 0.05) is 18.5 Å². The maximum absolute atomic E-state index is 12.1. The van der Waals surface area contributed by atoms with Crippen molar-refractivity contribution in [1.82, 2.24) is 4.90 Å². The van der Waals surface area contributed by atoms with E-state index < -0.39 is 0 Å². The zero-order valence-electron chi connectivity index (χ0n) is 11.8. The molecule has 1 heterocycles. The highest BCUT2D eigenvalue weighted by molar-refractivity contribution is 5.80. The summed E-state index contributed by atoms with van der Waals surface area (Å²) in [6.07, 6.45) is 1.35. The Morgan fingerprint density at radius 1 is 1.53 bits per heavy atom. The summed E-state index contributed by atoms with van der Waals surface area (Å²) in [4.78, 5) is 14.1. The number of ether oxygens (including phenoxy) is 1.